The van der Waals surface area contributed by atoms with Gasteiger partial charge >= 0.3 is 0 Å². The molecule has 7 heteroatoms. The lowest BCUT2D eigenvalue weighted by atomic mass is 10.4. The fourth-order valence-corrected chi connectivity index (χ4v) is 2.61. The molecule has 1 fully saturated rings. The average molecular weight is 227 g/mol. The van der Waals surface area contributed by atoms with E-state index in [0.29, 0.717) is 17.3 Å². The standard InChI is InChI=1S/C8H9N3O3S/c12-11(13)7-2-3-8(9-6-7)10-15(14)4-1-5-15/h2-3,6H,1,4-5H2. The van der Waals surface area contributed by atoms with Gasteiger partial charge in [0.15, 0.2) is 5.82 Å². The van der Waals surface area contributed by atoms with Crippen molar-refractivity contribution in [3.05, 3.63) is 28.4 Å². The third kappa shape index (κ3) is 2.12. The van der Waals surface area contributed by atoms with Gasteiger partial charge in [0.2, 0.25) is 0 Å². The normalized spacial score (nSPS) is 17.9. The van der Waals surface area contributed by atoms with Crippen molar-refractivity contribution >= 4 is 21.2 Å². The first-order valence-electron chi connectivity index (χ1n) is 4.42. The van der Waals surface area contributed by atoms with E-state index in [4.69, 9.17) is 0 Å². The van der Waals surface area contributed by atoms with Crippen LogP contribution in [0.5, 0.6) is 0 Å². The summed E-state index contributed by atoms with van der Waals surface area (Å²) in [4.78, 5) is 13.6. The van der Waals surface area contributed by atoms with Gasteiger partial charge in [-0.1, -0.05) is 0 Å². The van der Waals surface area contributed by atoms with Gasteiger partial charge in [-0.15, -0.1) is 0 Å². The van der Waals surface area contributed by atoms with Gasteiger partial charge < -0.3 is 0 Å². The number of nitrogens with zero attached hydrogens (tertiary/aromatic N) is 3. The number of hydrogen-bond donors (Lipinski definition) is 0. The number of rotatable bonds is 2. The second-order valence-corrected chi connectivity index (χ2v) is 5.80. The molecule has 0 radical (unpaired) electrons. The van der Waals surface area contributed by atoms with Gasteiger partial charge in [0.05, 0.1) is 14.7 Å². The van der Waals surface area contributed by atoms with E-state index >= 15 is 0 Å². The van der Waals surface area contributed by atoms with Gasteiger partial charge in [-0.25, -0.2) is 9.19 Å². The molecule has 15 heavy (non-hydrogen) atoms. The maximum Gasteiger partial charge on any atom is 0.287 e. The van der Waals surface area contributed by atoms with Crippen molar-refractivity contribution in [2.75, 3.05) is 11.5 Å². The molecule has 0 amide bonds. The van der Waals surface area contributed by atoms with E-state index in [-0.39, 0.29) is 5.69 Å². The maximum absolute atomic E-state index is 11.7. The van der Waals surface area contributed by atoms with Crippen LogP contribution in [0.4, 0.5) is 11.5 Å². The molecule has 2 rings (SSSR count). The summed E-state index contributed by atoms with van der Waals surface area (Å²) >= 11 is 0. The minimum atomic E-state index is -2.08. The fraction of sp³-hybridized carbons (Fsp3) is 0.375. The van der Waals surface area contributed by atoms with Gasteiger partial charge in [0.1, 0.15) is 6.20 Å². The second-order valence-electron chi connectivity index (χ2n) is 3.26. The summed E-state index contributed by atoms with van der Waals surface area (Å²) < 4.78 is 15.7. The van der Waals surface area contributed by atoms with Crippen LogP contribution in [0.2, 0.25) is 0 Å². The van der Waals surface area contributed by atoms with Crippen LogP contribution < -0.4 is 0 Å². The van der Waals surface area contributed by atoms with Crippen LogP contribution in [-0.4, -0.2) is 25.6 Å². The van der Waals surface area contributed by atoms with E-state index in [1.165, 1.54) is 12.1 Å². The van der Waals surface area contributed by atoms with E-state index in [0.717, 1.165) is 12.6 Å². The van der Waals surface area contributed by atoms with Gasteiger partial charge in [-0.2, -0.15) is 4.36 Å². The van der Waals surface area contributed by atoms with Gasteiger partial charge in [-0.3, -0.25) is 10.1 Å². The summed E-state index contributed by atoms with van der Waals surface area (Å²) in [5.41, 5.74) is -0.0856. The van der Waals surface area contributed by atoms with Crippen molar-refractivity contribution in [2.24, 2.45) is 4.36 Å². The number of pyridine rings is 1. The summed E-state index contributed by atoms with van der Waals surface area (Å²) in [6.45, 7) is 0. The fourth-order valence-electron chi connectivity index (χ4n) is 1.19. The Labute approximate surface area is 86.7 Å². The Hall–Kier alpha value is -1.50. The quantitative estimate of drug-likeness (QED) is 0.565. The summed E-state index contributed by atoms with van der Waals surface area (Å²) in [5.74, 6) is 1.52. The molecular weight excluding hydrogens is 218 g/mol. The molecule has 0 saturated carbocycles. The van der Waals surface area contributed by atoms with Crippen molar-refractivity contribution in [1.29, 1.82) is 0 Å². The highest BCUT2D eigenvalue weighted by atomic mass is 32.2. The first kappa shape index (κ1) is 10.0. The molecule has 0 bridgehead atoms. The molecule has 1 aliphatic rings. The lowest BCUT2D eigenvalue weighted by Gasteiger charge is -2.17. The number of nitro groups is 1. The highest BCUT2D eigenvalue weighted by Crippen LogP contribution is 2.20. The average Bonchev–Trinajstić information content (AvgIpc) is 2.16. The van der Waals surface area contributed by atoms with Crippen LogP contribution in [0.25, 0.3) is 0 Å². The zero-order chi connectivity index (χ0) is 10.9. The molecule has 1 aromatic heterocycles. The highest BCUT2D eigenvalue weighted by Gasteiger charge is 2.19. The molecule has 1 aromatic rings. The van der Waals surface area contributed by atoms with E-state index in [9.17, 15) is 14.3 Å². The topological polar surface area (TPSA) is 85.5 Å². The summed E-state index contributed by atoms with van der Waals surface area (Å²) in [6, 6.07) is 2.73. The molecule has 0 aliphatic carbocycles. The van der Waals surface area contributed by atoms with Crippen molar-refractivity contribution in [2.45, 2.75) is 6.42 Å². The van der Waals surface area contributed by atoms with E-state index < -0.39 is 14.7 Å². The molecule has 0 N–H and O–H groups in total. The largest absolute Gasteiger partial charge is 0.287 e. The molecule has 80 valence electrons. The first-order chi connectivity index (χ1) is 7.09. The molecule has 0 atom stereocenters. The van der Waals surface area contributed by atoms with Crippen molar-refractivity contribution < 1.29 is 9.13 Å². The Bertz CT molecular complexity index is 492. The number of aromatic nitrogens is 1. The minimum absolute atomic E-state index is 0.0856. The zero-order valence-corrected chi connectivity index (χ0v) is 8.64. The molecule has 2 heterocycles. The van der Waals surface area contributed by atoms with Crippen molar-refractivity contribution in [1.82, 2.24) is 4.98 Å². The third-order valence-corrected chi connectivity index (χ3v) is 4.50. The zero-order valence-electron chi connectivity index (χ0n) is 7.83. The predicted octanol–water partition coefficient (Wildman–Crippen LogP) is 1.49. The second kappa shape index (κ2) is 3.58. The molecule has 6 nitrogen and oxygen atoms in total. The summed E-state index contributed by atoms with van der Waals surface area (Å²) in [6.07, 6.45) is 2.05. The maximum atomic E-state index is 11.7. The predicted molar refractivity (Wildman–Crippen MR) is 55.5 cm³/mol. The molecule has 0 spiro atoms. The summed E-state index contributed by atoms with van der Waals surface area (Å²) in [5, 5.41) is 10.3. The molecule has 1 aliphatic heterocycles. The SMILES string of the molecule is O=[N+]([O-])c1ccc(N=S2(=O)CCC2)nc1. The third-order valence-electron chi connectivity index (χ3n) is 2.13. The van der Waals surface area contributed by atoms with Crippen molar-refractivity contribution in [3.63, 3.8) is 0 Å². The van der Waals surface area contributed by atoms with Crippen LogP contribution >= 0.6 is 0 Å². The van der Waals surface area contributed by atoms with Gasteiger partial charge in [0.25, 0.3) is 5.69 Å². The summed E-state index contributed by atoms with van der Waals surface area (Å²) in [7, 11) is -2.08. The van der Waals surface area contributed by atoms with E-state index in [1.807, 2.05) is 0 Å². The highest BCUT2D eigenvalue weighted by molar-refractivity contribution is 7.95. The Morgan fingerprint density at radius 3 is 2.60 bits per heavy atom. The van der Waals surface area contributed by atoms with Crippen LogP contribution in [0, 0.1) is 10.1 Å². The first-order valence-corrected chi connectivity index (χ1v) is 6.27. The lowest BCUT2D eigenvalue weighted by molar-refractivity contribution is -0.385. The monoisotopic (exact) mass is 227 g/mol. The Morgan fingerprint density at radius 2 is 2.20 bits per heavy atom. The molecule has 1 saturated heterocycles. The van der Waals surface area contributed by atoms with Gasteiger partial charge in [0, 0.05) is 17.6 Å². The van der Waals surface area contributed by atoms with E-state index in [1.54, 1.807) is 0 Å². The number of hydrogen-bond acceptors (Lipinski definition) is 5. The van der Waals surface area contributed by atoms with Crippen LogP contribution in [0.3, 0.4) is 0 Å². The molecular formula is C8H9N3O3S. The molecule has 0 unspecified atom stereocenters. The van der Waals surface area contributed by atoms with Crippen LogP contribution in [0.1, 0.15) is 6.42 Å². The molecule has 0 aromatic carbocycles. The Kier molecular flexibility index (Phi) is 2.39. The lowest BCUT2D eigenvalue weighted by Crippen LogP contribution is -2.23. The van der Waals surface area contributed by atoms with Gasteiger partial charge in [-0.05, 0) is 12.5 Å². The Balaban J connectivity index is 2.28. The van der Waals surface area contributed by atoms with Crippen molar-refractivity contribution in [3.8, 4) is 0 Å². The van der Waals surface area contributed by atoms with E-state index in [2.05, 4.69) is 9.35 Å². The minimum Gasteiger partial charge on any atom is -0.258 e. The smallest absolute Gasteiger partial charge is 0.258 e. The Morgan fingerprint density at radius 1 is 1.47 bits per heavy atom. The van der Waals surface area contributed by atoms with Crippen LogP contribution in [0.15, 0.2) is 22.7 Å². The van der Waals surface area contributed by atoms with Crippen LogP contribution in [-0.2, 0) is 9.73 Å².